The topological polar surface area (TPSA) is 114 Å². The van der Waals surface area contributed by atoms with Crippen LogP contribution >= 0.6 is 0 Å². The lowest BCUT2D eigenvalue weighted by atomic mass is 9.95. The van der Waals surface area contributed by atoms with Crippen molar-refractivity contribution in [2.24, 2.45) is 0 Å². The van der Waals surface area contributed by atoms with E-state index in [4.69, 9.17) is 37.9 Å². The first-order valence-corrected chi connectivity index (χ1v) is 13.0. The number of benzene rings is 1. The van der Waals surface area contributed by atoms with Crippen LogP contribution in [0.3, 0.4) is 0 Å². The van der Waals surface area contributed by atoms with E-state index in [0.717, 1.165) is 5.56 Å². The maximum Gasteiger partial charge on any atom is 0.190 e. The summed E-state index contributed by atoms with van der Waals surface area (Å²) in [7, 11) is 0. The number of fused-ring (bicyclic) bond motifs is 1. The van der Waals surface area contributed by atoms with Gasteiger partial charge in [-0.3, -0.25) is 0 Å². The standard InChI is InChI=1S/C27H40O10/c1-25(2)31-14-18(33-25)21-20(34-26(3,4)35-21)17(29)12-16(28)19-22(30-13-15-10-8-7-9-11-15)23-24(32-19)37-27(5,6)36-23/h7-11,16-24,28-29H,12-14H2,1-6H3/t16-,17+,18-,19-,20-,21-,22+,23-,24-/m1/s1. The summed E-state index contributed by atoms with van der Waals surface area (Å²) < 4.78 is 48.1. The van der Waals surface area contributed by atoms with E-state index < -0.39 is 72.5 Å². The predicted octanol–water partition coefficient (Wildman–Crippen LogP) is 2.23. The number of rotatable bonds is 8. The molecule has 4 saturated heterocycles. The van der Waals surface area contributed by atoms with Crippen molar-refractivity contribution in [2.45, 2.75) is 127 Å². The van der Waals surface area contributed by atoms with Gasteiger partial charge in [0.2, 0.25) is 0 Å². The zero-order valence-electron chi connectivity index (χ0n) is 22.4. The maximum absolute atomic E-state index is 11.3. The van der Waals surface area contributed by atoms with Crippen molar-refractivity contribution in [1.82, 2.24) is 0 Å². The highest BCUT2D eigenvalue weighted by atomic mass is 16.8. The molecule has 0 spiro atoms. The number of hydrogen-bond donors (Lipinski definition) is 2. The summed E-state index contributed by atoms with van der Waals surface area (Å²) in [6.45, 7) is 11.5. The Labute approximate surface area is 218 Å². The summed E-state index contributed by atoms with van der Waals surface area (Å²) >= 11 is 0. The minimum atomic E-state index is -1.08. The highest BCUT2D eigenvalue weighted by molar-refractivity contribution is 5.13. The van der Waals surface area contributed by atoms with E-state index in [0.29, 0.717) is 13.2 Å². The molecule has 4 aliphatic rings. The average Bonchev–Trinajstić information content (AvgIpc) is 3.51. The molecular weight excluding hydrogens is 484 g/mol. The number of ether oxygens (including phenoxy) is 8. The predicted molar refractivity (Wildman–Crippen MR) is 129 cm³/mol. The van der Waals surface area contributed by atoms with Crippen molar-refractivity contribution in [2.75, 3.05) is 6.61 Å². The van der Waals surface area contributed by atoms with Crippen molar-refractivity contribution in [3.63, 3.8) is 0 Å². The summed E-state index contributed by atoms with van der Waals surface area (Å²) in [5.41, 5.74) is 0.987. The van der Waals surface area contributed by atoms with Gasteiger partial charge in [0.05, 0.1) is 25.4 Å². The third kappa shape index (κ3) is 6.04. The van der Waals surface area contributed by atoms with Gasteiger partial charge < -0.3 is 48.1 Å². The van der Waals surface area contributed by atoms with Gasteiger partial charge in [0.1, 0.15) is 36.6 Å². The lowest BCUT2D eigenvalue weighted by molar-refractivity contribution is -0.232. The Hall–Kier alpha value is -1.18. The Morgan fingerprint density at radius 1 is 0.811 bits per heavy atom. The lowest BCUT2D eigenvalue weighted by Crippen LogP contribution is -2.48. The number of hydrogen-bond acceptors (Lipinski definition) is 10. The molecule has 0 amide bonds. The fourth-order valence-electron chi connectivity index (χ4n) is 5.57. The Morgan fingerprint density at radius 3 is 2.14 bits per heavy atom. The van der Waals surface area contributed by atoms with Crippen LogP contribution in [0.4, 0.5) is 0 Å². The number of aliphatic hydroxyl groups is 2. The molecule has 5 rings (SSSR count). The minimum Gasteiger partial charge on any atom is -0.390 e. The molecular formula is C27H40O10. The Bertz CT molecular complexity index is 921. The fraction of sp³-hybridized carbons (Fsp3) is 0.778. The summed E-state index contributed by atoms with van der Waals surface area (Å²) in [6, 6.07) is 9.75. The first-order chi connectivity index (χ1) is 17.3. The highest BCUT2D eigenvalue weighted by Gasteiger charge is 2.58. The van der Waals surface area contributed by atoms with Crippen LogP contribution in [-0.2, 0) is 44.5 Å². The molecule has 0 aliphatic carbocycles. The summed E-state index contributed by atoms with van der Waals surface area (Å²) in [4.78, 5) is 0. The third-order valence-corrected chi connectivity index (χ3v) is 7.11. The van der Waals surface area contributed by atoms with E-state index in [1.165, 1.54) is 0 Å². The van der Waals surface area contributed by atoms with Crippen molar-refractivity contribution < 1.29 is 48.1 Å². The van der Waals surface area contributed by atoms with Crippen LogP contribution in [0.25, 0.3) is 0 Å². The molecule has 37 heavy (non-hydrogen) atoms. The Balaban J connectivity index is 1.27. The molecule has 9 atom stereocenters. The Kier molecular flexibility index (Phi) is 7.47. The monoisotopic (exact) mass is 524 g/mol. The SMILES string of the molecule is CC1(C)O[C@H]2O[C@H]([C@H](O)C[C@H](O)[C@H]3OC(C)(C)O[C@@H]3[C@H]3COC(C)(C)O3)[C@H](OCc3ccccc3)[C@H]2O1. The van der Waals surface area contributed by atoms with Gasteiger partial charge in [-0.05, 0) is 47.1 Å². The van der Waals surface area contributed by atoms with Crippen LogP contribution in [0.5, 0.6) is 0 Å². The van der Waals surface area contributed by atoms with Crippen LogP contribution < -0.4 is 0 Å². The van der Waals surface area contributed by atoms with Crippen LogP contribution in [0.15, 0.2) is 30.3 Å². The molecule has 4 aliphatic heterocycles. The lowest BCUT2D eigenvalue weighted by Gasteiger charge is -2.31. The Morgan fingerprint density at radius 2 is 1.46 bits per heavy atom. The van der Waals surface area contributed by atoms with Crippen LogP contribution in [-0.4, -0.2) is 89.3 Å². The smallest absolute Gasteiger partial charge is 0.190 e. The summed E-state index contributed by atoms with van der Waals surface area (Å²) in [5, 5.41) is 22.5. The van der Waals surface area contributed by atoms with Gasteiger partial charge in [-0.1, -0.05) is 30.3 Å². The average molecular weight is 525 g/mol. The van der Waals surface area contributed by atoms with E-state index >= 15 is 0 Å². The second-order valence-electron chi connectivity index (χ2n) is 11.6. The van der Waals surface area contributed by atoms with Gasteiger partial charge in [0.15, 0.2) is 23.7 Å². The second-order valence-corrected chi connectivity index (χ2v) is 11.6. The summed E-state index contributed by atoms with van der Waals surface area (Å²) in [5.74, 6) is -2.50. The van der Waals surface area contributed by atoms with Gasteiger partial charge in [-0.25, -0.2) is 0 Å². The molecule has 0 radical (unpaired) electrons. The third-order valence-electron chi connectivity index (χ3n) is 7.11. The van der Waals surface area contributed by atoms with Crippen molar-refractivity contribution >= 4 is 0 Å². The molecule has 0 unspecified atom stereocenters. The second kappa shape index (κ2) is 10.1. The molecule has 0 bridgehead atoms. The molecule has 1 aromatic rings. The molecule has 1 aromatic carbocycles. The van der Waals surface area contributed by atoms with Crippen molar-refractivity contribution in [3.05, 3.63) is 35.9 Å². The van der Waals surface area contributed by atoms with E-state index in [9.17, 15) is 10.2 Å². The molecule has 0 saturated carbocycles. The molecule has 0 aromatic heterocycles. The summed E-state index contributed by atoms with van der Waals surface area (Å²) in [6.07, 6.45) is -6.47. The first kappa shape index (κ1) is 27.4. The van der Waals surface area contributed by atoms with E-state index in [2.05, 4.69) is 0 Å². The first-order valence-electron chi connectivity index (χ1n) is 13.0. The van der Waals surface area contributed by atoms with Gasteiger partial charge >= 0.3 is 0 Å². The van der Waals surface area contributed by atoms with Gasteiger partial charge in [-0.15, -0.1) is 0 Å². The van der Waals surface area contributed by atoms with Gasteiger partial charge in [0, 0.05) is 6.42 Å². The van der Waals surface area contributed by atoms with Gasteiger partial charge in [-0.2, -0.15) is 0 Å². The van der Waals surface area contributed by atoms with E-state index in [1.807, 2.05) is 58.0 Å². The fourth-order valence-corrected chi connectivity index (χ4v) is 5.57. The van der Waals surface area contributed by atoms with Crippen molar-refractivity contribution in [3.8, 4) is 0 Å². The zero-order valence-corrected chi connectivity index (χ0v) is 22.4. The largest absolute Gasteiger partial charge is 0.390 e. The molecule has 4 fully saturated rings. The number of aliphatic hydroxyl groups excluding tert-OH is 2. The molecule has 10 nitrogen and oxygen atoms in total. The highest BCUT2D eigenvalue weighted by Crippen LogP contribution is 2.42. The normalized spacial score (nSPS) is 39.5. The molecule has 2 N–H and O–H groups in total. The van der Waals surface area contributed by atoms with Crippen LogP contribution in [0.2, 0.25) is 0 Å². The van der Waals surface area contributed by atoms with Gasteiger partial charge in [0.25, 0.3) is 0 Å². The minimum absolute atomic E-state index is 0.0315. The van der Waals surface area contributed by atoms with Crippen LogP contribution in [0.1, 0.15) is 53.5 Å². The maximum atomic E-state index is 11.3. The van der Waals surface area contributed by atoms with E-state index in [1.54, 1.807) is 13.8 Å². The molecule has 4 heterocycles. The van der Waals surface area contributed by atoms with Crippen molar-refractivity contribution in [1.29, 1.82) is 0 Å². The quantitative estimate of drug-likeness (QED) is 0.525. The van der Waals surface area contributed by atoms with Crippen LogP contribution in [0, 0.1) is 0 Å². The zero-order chi connectivity index (χ0) is 26.6. The van der Waals surface area contributed by atoms with E-state index in [-0.39, 0.29) is 6.42 Å². The molecule has 10 heteroatoms. The molecule has 208 valence electrons.